The highest BCUT2D eigenvalue weighted by Crippen LogP contribution is 2.11. The van der Waals surface area contributed by atoms with E-state index < -0.39 is 0 Å². The molecule has 0 aliphatic carbocycles. The Morgan fingerprint density at radius 1 is 1.05 bits per heavy atom. The van der Waals surface area contributed by atoms with Gasteiger partial charge >= 0.3 is 0 Å². The second-order valence-electron chi connectivity index (χ2n) is 3.99. The minimum atomic E-state index is 0.543. The van der Waals surface area contributed by atoms with Crippen LogP contribution in [0, 0.1) is 11.8 Å². The van der Waals surface area contributed by atoms with Crippen LogP contribution >= 0.6 is 11.6 Å². The Morgan fingerprint density at radius 2 is 1.74 bits per heavy atom. The molecule has 0 heterocycles. The average molecular weight is 270 g/mol. The van der Waals surface area contributed by atoms with E-state index in [1.807, 2.05) is 36.4 Å². The first-order valence-corrected chi connectivity index (χ1v) is 6.14. The molecule has 0 atom stereocenters. The number of hydrogen-bond donors (Lipinski definition) is 1. The third-order valence-electron chi connectivity index (χ3n) is 2.65. The zero-order valence-electron chi connectivity index (χ0n) is 10.4. The molecule has 0 aromatic heterocycles. The molecule has 0 saturated carbocycles. The maximum absolute atomic E-state index is 8.85. The quantitative estimate of drug-likeness (QED) is 0.362. The zero-order valence-corrected chi connectivity index (χ0v) is 11.1. The maximum Gasteiger partial charge on any atom is 0.0849 e. The summed E-state index contributed by atoms with van der Waals surface area (Å²) in [6.45, 7) is 1.74. The van der Waals surface area contributed by atoms with Gasteiger partial charge in [0.05, 0.1) is 5.71 Å². The van der Waals surface area contributed by atoms with Gasteiger partial charge in [-0.15, -0.1) is 0 Å². The number of rotatable bonds is 1. The first kappa shape index (κ1) is 13.2. The summed E-state index contributed by atoms with van der Waals surface area (Å²) in [5.74, 6) is 6.14. The number of benzene rings is 2. The predicted octanol–water partition coefficient (Wildman–Crippen LogP) is 3.94. The van der Waals surface area contributed by atoms with Crippen molar-refractivity contribution in [1.82, 2.24) is 0 Å². The summed E-state index contributed by atoms with van der Waals surface area (Å²) in [6.07, 6.45) is 0. The van der Waals surface area contributed by atoms with Gasteiger partial charge in [0.1, 0.15) is 0 Å². The number of nitrogens with zero attached hydrogens (tertiary/aromatic N) is 1. The van der Waals surface area contributed by atoms with Crippen molar-refractivity contribution in [3.63, 3.8) is 0 Å². The van der Waals surface area contributed by atoms with Crippen molar-refractivity contribution in [2.24, 2.45) is 5.16 Å². The van der Waals surface area contributed by atoms with E-state index >= 15 is 0 Å². The van der Waals surface area contributed by atoms with Crippen molar-refractivity contribution in [3.8, 4) is 11.8 Å². The Labute approximate surface area is 117 Å². The Hall–Kier alpha value is -2.24. The minimum absolute atomic E-state index is 0.543. The molecule has 0 unspecified atom stereocenters. The lowest BCUT2D eigenvalue weighted by molar-refractivity contribution is 0.319. The largest absolute Gasteiger partial charge is 0.411 e. The van der Waals surface area contributed by atoms with Gasteiger partial charge in [-0.3, -0.25) is 0 Å². The third kappa shape index (κ3) is 3.37. The lowest BCUT2D eigenvalue weighted by Gasteiger charge is -2.01. The van der Waals surface area contributed by atoms with Crippen LogP contribution in [0.2, 0.25) is 5.02 Å². The van der Waals surface area contributed by atoms with E-state index in [1.165, 1.54) is 0 Å². The molecule has 2 aromatic rings. The van der Waals surface area contributed by atoms with E-state index in [4.69, 9.17) is 16.8 Å². The Morgan fingerprint density at radius 3 is 2.42 bits per heavy atom. The fraction of sp³-hybridized carbons (Fsp3) is 0.0625. The smallest absolute Gasteiger partial charge is 0.0849 e. The molecule has 0 saturated heterocycles. The molecule has 0 aliphatic heterocycles. The van der Waals surface area contributed by atoms with Crippen LogP contribution < -0.4 is 0 Å². The summed E-state index contributed by atoms with van der Waals surface area (Å²) >= 11 is 5.82. The van der Waals surface area contributed by atoms with Crippen molar-refractivity contribution in [2.75, 3.05) is 0 Å². The molecule has 0 fully saturated rings. The summed E-state index contributed by atoms with van der Waals surface area (Å²) in [6, 6.07) is 14.9. The van der Waals surface area contributed by atoms with E-state index in [-0.39, 0.29) is 0 Å². The van der Waals surface area contributed by atoms with Gasteiger partial charge in [-0.05, 0) is 37.3 Å². The zero-order chi connectivity index (χ0) is 13.7. The molecule has 0 bridgehead atoms. The van der Waals surface area contributed by atoms with Crippen LogP contribution in [-0.4, -0.2) is 10.9 Å². The van der Waals surface area contributed by atoms with Crippen molar-refractivity contribution in [3.05, 3.63) is 70.2 Å². The number of hydrogen-bond acceptors (Lipinski definition) is 2. The fourth-order valence-corrected chi connectivity index (χ4v) is 1.76. The molecule has 19 heavy (non-hydrogen) atoms. The molecule has 0 amide bonds. The summed E-state index contributed by atoms with van der Waals surface area (Å²) in [7, 11) is 0. The van der Waals surface area contributed by atoms with E-state index in [0.717, 1.165) is 16.7 Å². The average Bonchev–Trinajstić information content (AvgIpc) is 2.46. The van der Waals surface area contributed by atoms with E-state index in [9.17, 15) is 0 Å². The SMILES string of the molecule is C/C(=N\O)c1ccccc1C#Cc1ccc(Cl)cc1. The molecule has 0 radical (unpaired) electrons. The Kier molecular flexibility index (Phi) is 4.22. The minimum Gasteiger partial charge on any atom is -0.411 e. The third-order valence-corrected chi connectivity index (χ3v) is 2.90. The van der Waals surface area contributed by atoms with Crippen LogP contribution in [0.25, 0.3) is 0 Å². The highest BCUT2D eigenvalue weighted by molar-refractivity contribution is 6.30. The van der Waals surface area contributed by atoms with Gasteiger partial charge in [-0.25, -0.2) is 0 Å². The van der Waals surface area contributed by atoms with Gasteiger partial charge in [-0.1, -0.05) is 46.8 Å². The molecule has 0 spiro atoms. The topological polar surface area (TPSA) is 32.6 Å². The molecule has 2 rings (SSSR count). The normalized spacial score (nSPS) is 10.7. The van der Waals surface area contributed by atoms with E-state index in [1.54, 1.807) is 19.1 Å². The van der Waals surface area contributed by atoms with Crippen molar-refractivity contribution in [2.45, 2.75) is 6.92 Å². The first-order chi connectivity index (χ1) is 9.20. The van der Waals surface area contributed by atoms with E-state index in [2.05, 4.69) is 17.0 Å². The molecule has 3 heteroatoms. The Balaban J connectivity index is 2.37. The summed E-state index contributed by atoms with van der Waals surface area (Å²) < 4.78 is 0. The molecule has 2 aromatic carbocycles. The lowest BCUT2D eigenvalue weighted by Crippen LogP contribution is -1.97. The van der Waals surface area contributed by atoms with E-state index in [0.29, 0.717) is 10.7 Å². The van der Waals surface area contributed by atoms with Crippen LogP contribution in [0.4, 0.5) is 0 Å². The highest BCUT2D eigenvalue weighted by Gasteiger charge is 2.02. The summed E-state index contributed by atoms with van der Waals surface area (Å²) in [5, 5.41) is 12.8. The first-order valence-electron chi connectivity index (χ1n) is 5.76. The number of halogens is 1. The van der Waals surface area contributed by atoms with Gasteiger partial charge in [0.15, 0.2) is 0 Å². The van der Waals surface area contributed by atoms with Crippen molar-refractivity contribution < 1.29 is 5.21 Å². The second kappa shape index (κ2) is 6.08. The summed E-state index contributed by atoms with van der Waals surface area (Å²) in [5.41, 5.74) is 3.08. The van der Waals surface area contributed by atoms with Crippen LogP contribution in [0.3, 0.4) is 0 Å². The van der Waals surface area contributed by atoms with Crippen LogP contribution in [0.15, 0.2) is 53.7 Å². The molecular weight excluding hydrogens is 258 g/mol. The van der Waals surface area contributed by atoms with Gasteiger partial charge in [0, 0.05) is 21.7 Å². The fourth-order valence-electron chi connectivity index (χ4n) is 1.63. The highest BCUT2D eigenvalue weighted by atomic mass is 35.5. The van der Waals surface area contributed by atoms with Gasteiger partial charge in [0.2, 0.25) is 0 Å². The predicted molar refractivity (Wildman–Crippen MR) is 77.9 cm³/mol. The molecule has 1 N–H and O–H groups in total. The van der Waals surface area contributed by atoms with Crippen molar-refractivity contribution >= 4 is 17.3 Å². The Bertz CT molecular complexity index is 663. The standard InChI is InChI=1S/C16H12ClNO/c1-12(18-19)16-5-3-2-4-14(16)9-6-13-7-10-15(17)11-8-13/h2-5,7-8,10-11,19H,1H3/b18-12+. The second-order valence-corrected chi connectivity index (χ2v) is 4.42. The van der Waals surface area contributed by atoms with Crippen LogP contribution in [0.1, 0.15) is 23.6 Å². The van der Waals surface area contributed by atoms with Gasteiger partial charge < -0.3 is 5.21 Å². The van der Waals surface area contributed by atoms with Gasteiger partial charge in [-0.2, -0.15) is 0 Å². The maximum atomic E-state index is 8.85. The van der Waals surface area contributed by atoms with Crippen LogP contribution in [-0.2, 0) is 0 Å². The molecular formula is C16H12ClNO. The number of oxime groups is 1. The van der Waals surface area contributed by atoms with Gasteiger partial charge in [0.25, 0.3) is 0 Å². The van der Waals surface area contributed by atoms with Crippen molar-refractivity contribution in [1.29, 1.82) is 0 Å². The molecule has 94 valence electrons. The molecule has 0 aliphatic rings. The van der Waals surface area contributed by atoms with Crippen LogP contribution in [0.5, 0.6) is 0 Å². The molecule has 2 nitrogen and oxygen atoms in total. The summed E-state index contributed by atoms with van der Waals surface area (Å²) in [4.78, 5) is 0. The lowest BCUT2D eigenvalue weighted by atomic mass is 10.0. The monoisotopic (exact) mass is 269 g/mol.